The zero-order chi connectivity index (χ0) is 12.1. The molecule has 0 heterocycles. The van der Waals surface area contributed by atoms with E-state index in [9.17, 15) is 4.79 Å². The summed E-state index contributed by atoms with van der Waals surface area (Å²) >= 11 is 0. The molecule has 16 heavy (non-hydrogen) atoms. The molecule has 0 radical (unpaired) electrons. The molecule has 2 N–H and O–H groups in total. The van der Waals surface area contributed by atoms with Crippen LogP contribution in [0.4, 0.5) is 5.69 Å². The molecule has 3 heteroatoms. The predicted molar refractivity (Wildman–Crippen MR) is 65.4 cm³/mol. The molecule has 0 saturated carbocycles. The summed E-state index contributed by atoms with van der Waals surface area (Å²) in [7, 11) is 0. The van der Waals surface area contributed by atoms with Gasteiger partial charge in [0.1, 0.15) is 0 Å². The van der Waals surface area contributed by atoms with Gasteiger partial charge >= 0.3 is 0 Å². The summed E-state index contributed by atoms with van der Waals surface area (Å²) < 4.78 is 0. The van der Waals surface area contributed by atoms with E-state index in [-0.39, 0.29) is 18.4 Å². The van der Waals surface area contributed by atoms with Gasteiger partial charge in [-0.2, -0.15) is 0 Å². The molecular weight excluding hydrogens is 202 g/mol. The van der Waals surface area contributed by atoms with Crippen LogP contribution in [0.5, 0.6) is 0 Å². The van der Waals surface area contributed by atoms with Crippen molar-refractivity contribution in [3.8, 4) is 0 Å². The number of hydrogen-bond acceptors (Lipinski definition) is 2. The molecule has 0 spiro atoms. The van der Waals surface area contributed by atoms with Crippen LogP contribution in [0.3, 0.4) is 0 Å². The Morgan fingerprint density at radius 3 is 2.62 bits per heavy atom. The quantitative estimate of drug-likeness (QED) is 0.819. The van der Waals surface area contributed by atoms with Gasteiger partial charge in [0.2, 0.25) is 5.91 Å². The largest absolute Gasteiger partial charge is 0.396 e. The summed E-state index contributed by atoms with van der Waals surface area (Å²) in [4.78, 5) is 11.7. The molecule has 0 saturated heterocycles. The zero-order valence-electron chi connectivity index (χ0n) is 10.1. The highest BCUT2D eigenvalue weighted by molar-refractivity contribution is 5.93. The molecule has 1 unspecified atom stereocenters. The molecule has 0 fully saturated rings. The maximum Gasteiger partial charge on any atom is 0.229 e. The van der Waals surface area contributed by atoms with E-state index in [4.69, 9.17) is 5.11 Å². The molecule has 88 valence electrons. The Hall–Kier alpha value is -1.35. The first kappa shape index (κ1) is 12.7. The number of nitrogens with one attached hydrogen (secondary N) is 1. The summed E-state index contributed by atoms with van der Waals surface area (Å²) in [6.07, 6.45) is 0.646. The van der Waals surface area contributed by atoms with Gasteiger partial charge in [-0.05, 0) is 31.9 Å². The monoisotopic (exact) mass is 221 g/mol. The molecule has 0 aliphatic carbocycles. The topological polar surface area (TPSA) is 49.3 Å². The minimum Gasteiger partial charge on any atom is -0.396 e. The average Bonchev–Trinajstić information content (AvgIpc) is 2.24. The third-order valence-corrected chi connectivity index (χ3v) is 2.72. The van der Waals surface area contributed by atoms with E-state index in [0.717, 1.165) is 11.3 Å². The van der Waals surface area contributed by atoms with E-state index >= 15 is 0 Å². The smallest absolute Gasteiger partial charge is 0.229 e. The van der Waals surface area contributed by atoms with Crippen molar-refractivity contribution in [2.24, 2.45) is 5.92 Å². The van der Waals surface area contributed by atoms with Gasteiger partial charge in [-0.3, -0.25) is 4.79 Å². The van der Waals surface area contributed by atoms with Crippen molar-refractivity contribution in [3.05, 3.63) is 29.3 Å². The zero-order valence-corrected chi connectivity index (χ0v) is 10.1. The van der Waals surface area contributed by atoms with Gasteiger partial charge in [0.15, 0.2) is 0 Å². The van der Waals surface area contributed by atoms with E-state index in [1.165, 1.54) is 5.56 Å². The number of hydrogen-bond donors (Lipinski definition) is 2. The highest BCUT2D eigenvalue weighted by Gasteiger charge is 2.15. The first-order chi connectivity index (χ1) is 7.58. The van der Waals surface area contributed by atoms with Gasteiger partial charge in [0, 0.05) is 5.69 Å². The van der Waals surface area contributed by atoms with Gasteiger partial charge in [-0.15, -0.1) is 0 Å². The summed E-state index contributed by atoms with van der Waals surface area (Å²) in [5, 5.41) is 11.9. The Morgan fingerprint density at radius 2 is 2.12 bits per heavy atom. The van der Waals surface area contributed by atoms with Gasteiger partial charge < -0.3 is 10.4 Å². The number of benzene rings is 1. The van der Waals surface area contributed by atoms with Crippen molar-refractivity contribution in [1.29, 1.82) is 0 Å². The van der Waals surface area contributed by atoms with Crippen LogP contribution in [-0.2, 0) is 4.79 Å². The lowest BCUT2D eigenvalue weighted by atomic mass is 10.1. The number of amides is 1. The molecule has 0 bridgehead atoms. The molecule has 1 rings (SSSR count). The summed E-state index contributed by atoms with van der Waals surface area (Å²) in [5.41, 5.74) is 3.04. The first-order valence-electron chi connectivity index (χ1n) is 5.57. The molecule has 1 atom stereocenters. The fourth-order valence-electron chi connectivity index (χ4n) is 1.59. The molecule has 1 aromatic rings. The van der Waals surface area contributed by atoms with E-state index in [0.29, 0.717) is 6.42 Å². The fourth-order valence-corrected chi connectivity index (χ4v) is 1.59. The first-order valence-corrected chi connectivity index (χ1v) is 5.57. The number of aliphatic hydroxyl groups is 1. The van der Waals surface area contributed by atoms with Crippen molar-refractivity contribution in [2.75, 3.05) is 11.9 Å². The van der Waals surface area contributed by atoms with Crippen molar-refractivity contribution in [1.82, 2.24) is 0 Å². The van der Waals surface area contributed by atoms with E-state index in [1.807, 2.05) is 39.0 Å². The highest BCUT2D eigenvalue weighted by atomic mass is 16.3. The fraction of sp³-hybridized carbons (Fsp3) is 0.462. The summed E-state index contributed by atoms with van der Waals surface area (Å²) in [6.45, 7) is 5.76. The number of carbonyl (C=O) groups is 1. The van der Waals surface area contributed by atoms with E-state index < -0.39 is 0 Å². The summed E-state index contributed by atoms with van der Waals surface area (Å²) in [6, 6.07) is 5.88. The number of carbonyl (C=O) groups excluding carboxylic acids is 1. The number of rotatable bonds is 4. The maximum atomic E-state index is 11.7. The molecule has 0 aromatic heterocycles. The Balaban J connectivity index is 2.76. The number of aryl methyl sites for hydroxylation is 2. The maximum absolute atomic E-state index is 11.7. The molecule has 0 aliphatic rings. The lowest BCUT2D eigenvalue weighted by Crippen LogP contribution is -2.25. The molecular formula is C13H19NO2. The standard InChI is InChI=1S/C13H19NO2/c1-4-11(8-15)13(16)14-12-6-5-9(2)7-10(12)3/h5-7,11,15H,4,8H2,1-3H3,(H,14,16). The van der Waals surface area contributed by atoms with Crippen LogP contribution in [0.2, 0.25) is 0 Å². The Morgan fingerprint density at radius 1 is 1.44 bits per heavy atom. The Bertz CT molecular complexity index is 370. The number of anilines is 1. The van der Waals surface area contributed by atoms with Crippen LogP contribution in [-0.4, -0.2) is 17.6 Å². The molecule has 1 aromatic carbocycles. The van der Waals surface area contributed by atoms with Gasteiger partial charge in [-0.25, -0.2) is 0 Å². The van der Waals surface area contributed by atoms with Crippen molar-refractivity contribution in [3.63, 3.8) is 0 Å². The molecule has 3 nitrogen and oxygen atoms in total. The third kappa shape index (κ3) is 3.07. The van der Waals surface area contributed by atoms with Crippen LogP contribution < -0.4 is 5.32 Å². The van der Waals surface area contributed by atoms with Gasteiger partial charge in [-0.1, -0.05) is 24.6 Å². The van der Waals surface area contributed by atoms with Crippen LogP contribution in [0.15, 0.2) is 18.2 Å². The number of aliphatic hydroxyl groups excluding tert-OH is 1. The van der Waals surface area contributed by atoms with E-state index in [1.54, 1.807) is 0 Å². The molecule has 0 aliphatic heterocycles. The lowest BCUT2D eigenvalue weighted by Gasteiger charge is -2.14. The van der Waals surface area contributed by atoms with Crippen LogP contribution >= 0.6 is 0 Å². The van der Waals surface area contributed by atoms with Gasteiger partial charge in [0.25, 0.3) is 0 Å². The third-order valence-electron chi connectivity index (χ3n) is 2.72. The molecule has 1 amide bonds. The van der Waals surface area contributed by atoms with Crippen LogP contribution in [0.25, 0.3) is 0 Å². The highest BCUT2D eigenvalue weighted by Crippen LogP contribution is 2.17. The van der Waals surface area contributed by atoms with Crippen molar-refractivity contribution >= 4 is 11.6 Å². The average molecular weight is 221 g/mol. The van der Waals surface area contributed by atoms with E-state index in [2.05, 4.69) is 5.32 Å². The summed E-state index contributed by atoms with van der Waals surface area (Å²) in [5.74, 6) is -0.433. The van der Waals surface area contributed by atoms with Gasteiger partial charge in [0.05, 0.1) is 12.5 Å². The van der Waals surface area contributed by atoms with Crippen LogP contribution in [0, 0.1) is 19.8 Å². The minimum atomic E-state index is -0.319. The normalized spacial score (nSPS) is 12.2. The van der Waals surface area contributed by atoms with Crippen molar-refractivity contribution in [2.45, 2.75) is 27.2 Å². The lowest BCUT2D eigenvalue weighted by molar-refractivity contribution is -0.121. The Labute approximate surface area is 96.5 Å². The minimum absolute atomic E-state index is 0.104. The SMILES string of the molecule is CCC(CO)C(=O)Nc1ccc(C)cc1C. The second kappa shape index (κ2) is 5.66. The predicted octanol–water partition coefficient (Wildman–Crippen LogP) is 2.26. The second-order valence-electron chi connectivity index (χ2n) is 4.10. The Kier molecular flexibility index (Phi) is 4.50. The van der Waals surface area contributed by atoms with Crippen LogP contribution in [0.1, 0.15) is 24.5 Å². The van der Waals surface area contributed by atoms with Crippen molar-refractivity contribution < 1.29 is 9.90 Å². The second-order valence-corrected chi connectivity index (χ2v) is 4.10.